The number of amides is 2. The maximum absolute atomic E-state index is 11.9. The van der Waals surface area contributed by atoms with E-state index in [4.69, 9.17) is 0 Å². The molecule has 0 aliphatic rings. The smallest absolute Gasteiger partial charge is 0.320 e. The molecule has 0 fully saturated rings. The number of aromatic nitrogens is 1. The van der Waals surface area contributed by atoms with Gasteiger partial charge in [-0.25, -0.2) is 9.78 Å². The molecule has 1 heterocycles. The van der Waals surface area contributed by atoms with Crippen molar-refractivity contribution in [2.24, 2.45) is 0 Å². The summed E-state index contributed by atoms with van der Waals surface area (Å²) >= 11 is 1.58. The number of carbonyl (C=O) groups excluding carboxylic acids is 1. The number of nitrogens with zero attached hydrogens (tertiary/aromatic N) is 1. The topological polar surface area (TPSA) is 74.2 Å². The molecule has 6 heteroatoms. The first-order valence-electron chi connectivity index (χ1n) is 6.46. The van der Waals surface area contributed by atoms with Gasteiger partial charge in [0.2, 0.25) is 0 Å². The molecule has 1 atom stereocenters. The predicted molar refractivity (Wildman–Crippen MR) is 84.4 cm³/mol. The van der Waals surface area contributed by atoms with E-state index in [2.05, 4.69) is 15.6 Å². The Hall–Kier alpha value is -2.05. The molecular weight excluding hydrogens is 286 g/mol. The number of anilines is 1. The van der Waals surface area contributed by atoms with Crippen molar-refractivity contribution in [1.82, 2.24) is 10.3 Å². The van der Waals surface area contributed by atoms with Gasteiger partial charge in [0.15, 0.2) is 0 Å². The summed E-state index contributed by atoms with van der Waals surface area (Å²) in [5.74, 6) is 0.468. The minimum Gasteiger partial charge on any atom is -0.394 e. The number of nitrogens with one attached hydrogen (secondary N) is 2. The minimum atomic E-state index is -0.448. The molecule has 1 aromatic heterocycles. The van der Waals surface area contributed by atoms with Crippen LogP contribution < -0.4 is 10.6 Å². The molecule has 110 valence electrons. The maximum atomic E-state index is 11.9. The number of thioether (sulfide) groups is 1. The third-order valence-electron chi connectivity index (χ3n) is 2.90. The van der Waals surface area contributed by atoms with E-state index in [1.54, 1.807) is 24.0 Å². The van der Waals surface area contributed by atoms with Gasteiger partial charge in [-0.3, -0.25) is 5.32 Å². The van der Waals surface area contributed by atoms with E-state index in [0.717, 1.165) is 10.5 Å². The van der Waals surface area contributed by atoms with Crippen molar-refractivity contribution in [3.05, 3.63) is 54.2 Å². The second kappa shape index (κ2) is 7.66. The highest BCUT2D eigenvalue weighted by atomic mass is 32.2. The van der Waals surface area contributed by atoms with Crippen LogP contribution in [0.3, 0.4) is 0 Å². The summed E-state index contributed by atoms with van der Waals surface area (Å²) in [6, 6.07) is 12.1. The molecule has 0 saturated heterocycles. The highest BCUT2D eigenvalue weighted by molar-refractivity contribution is 7.98. The number of aliphatic hydroxyl groups is 1. The summed E-state index contributed by atoms with van der Waals surface area (Å²) in [5, 5.41) is 14.8. The van der Waals surface area contributed by atoms with Gasteiger partial charge in [0.1, 0.15) is 5.82 Å². The van der Waals surface area contributed by atoms with E-state index >= 15 is 0 Å². The van der Waals surface area contributed by atoms with Gasteiger partial charge in [0.05, 0.1) is 12.6 Å². The monoisotopic (exact) mass is 303 g/mol. The fourth-order valence-electron chi connectivity index (χ4n) is 1.81. The maximum Gasteiger partial charge on any atom is 0.320 e. The van der Waals surface area contributed by atoms with Crippen molar-refractivity contribution in [2.45, 2.75) is 10.9 Å². The molecule has 21 heavy (non-hydrogen) atoms. The Balaban J connectivity index is 1.96. The fourth-order valence-corrected chi connectivity index (χ4v) is 2.17. The van der Waals surface area contributed by atoms with Gasteiger partial charge in [-0.2, -0.15) is 0 Å². The zero-order valence-electron chi connectivity index (χ0n) is 11.6. The lowest BCUT2D eigenvalue weighted by Gasteiger charge is -2.17. The number of hydrogen-bond acceptors (Lipinski definition) is 4. The molecular formula is C15H17N3O2S. The minimum absolute atomic E-state index is 0.170. The largest absolute Gasteiger partial charge is 0.394 e. The molecule has 0 spiro atoms. The normalized spacial score (nSPS) is 11.7. The average Bonchev–Trinajstić information content (AvgIpc) is 2.54. The number of carbonyl (C=O) groups is 1. The first kappa shape index (κ1) is 15.3. The molecule has 2 rings (SSSR count). The average molecular weight is 303 g/mol. The highest BCUT2D eigenvalue weighted by Crippen LogP contribution is 2.15. The van der Waals surface area contributed by atoms with E-state index in [-0.39, 0.29) is 6.61 Å². The molecule has 5 nitrogen and oxygen atoms in total. The second-order valence-electron chi connectivity index (χ2n) is 4.33. The zero-order chi connectivity index (χ0) is 15.1. The van der Waals surface area contributed by atoms with Crippen molar-refractivity contribution in [1.29, 1.82) is 0 Å². The van der Waals surface area contributed by atoms with Gasteiger partial charge < -0.3 is 10.4 Å². The lowest BCUT2D eigenvalue weighted by atomic mass is 10.1. The Morgan fingerprint density at radius 2 is 2.05 bits per heavy atom. The number of urea groups is 1. The fraction of sp³-hybridized carbons (Fsp3) is 0.200. The first-order chi connectivity index (χ1) is 10.2. The number of pyridine rings is 1. The van der Waals surface area contributed by atoms with Crippen LogP contribution in [0.15, 0.2) is 53.6 Å². The number of hydrogen-bond donors (Lipinski definition) is 3. The molecule has 0 aliphatic heterocycles. The second-order valence-corrected chi connectivity index (χ2v) is 5.21. The van der Waals surface area contributed by atoms with E-state index in [1.807, 2.05) is 42.7 Å². The number of aliphatic hydroxyl groups excluding tert-OH is 1. The van der Waals surface area contributed by atoms with Crippen molar-refractivity contribution < 1.29 is 9.90 Å². The van der Waals surface area contributed by atoms with Crippen LogP contribution >= 0.6 is 11.8 Å². The molecule has 2 amide bonds. The van der Waals surface area contributed by atoms with Gasteiger partial charge in [-0.15, -0.1) is 11.8 Å². The Bertz CT molecular complexity index is 575. The predicted octanol–water partition coefficient (Wildman–Crippen LogP) is 2.66. The van der Waals surface area contributed by atoms with Crippen LogP contribution in [-0.4, -0.2) is 29.0 Å². The zero-order valence-corrected chi connectivity index (χ0v) is 12.4. The Kier molecular flexibility index (Phi) is 5.59. The summed E-state index contributed by atoms with van der Waals surface area (Å²) in [6.45, 7) is -0.170. The first-order valence-corrected chi connectivity index (χ1v) is 7.68. The molecule has 0 radical (unpaired) electrons. The number of benzene rings is 1. The van der Waals surface area contributed by atoms with Crippen LogP contribution in [0, 0.1) is 0 Å². The summed E-state index contributed by atoms with van der Waals surface area (Å²) in [7, 11) is 0. The van der Waals surface area contributed by atoms with Crippen molar-refractivity contribution >= 4 is 23.6 Å². The molecule has 0 saturated carbocycles. The van der Waals surface area contributed by atoms with Gasteiger partial charge >= 0.3 is 6.03 Å². The standard InChI is InChI=1S/C15H17N3O2S/c1-21-12-7-8-14(16-9-12)18-15(20)17-13(10-19)11-5-3-2-4-6-11/h2-9,13,19H,10H2,1H3,(H2,16,17,18,20)/t13-/m0/s1. The SMILES string of the molecule is CSc1ccc(NC(=O)N[C@@H](CO)c2ccccc2)nc1. The van der Waals surface area contributed by atoms with Crippen molar-refractivity contribution in [2.75, 3.05) is 18.2 Å². The number of rotatable bonds is 5. The van der Waals surface area contributed by atoms with Crippen LogP contribution in [0.25, 0.3) is 0 Å². The van der Waals surface area contributed by atoms with Crippen LogP contribution in [0.5, 0.6) is 0 Å². The summed E-state index contributed by atoms with van der Waals surface area (Å²) in [5.41, 5.74) is 0.848. The quantitative estimate of drug-likeness (QED) is 0.742. The summed E-state index contributed by atoms with van der Waals surface area (Å²) in [6.07, 6.45) is 3.66. The Labute approximate surface area is 127 Å². The van der Waals surface area contributed by atoms with Gasteiger partial charge in [0, 0.05) is 11.1 Å². The molecule has 3 N–H and O–H groups in total. The van der Waals surface area contributed by atoms with E-state index in [0.29, 0.717) is 5.82 Å². The van der Waals surface area contributed by atoms with Gasteiger partial charge in [-0.1, -0.05) is 30.3 Å². The third kappa shape index (κ3) is 4.47. The van der Waals surface area contributed by atoms with Crippen molar-refractivity contribution in [3.63, 3.8) is 0 Å². The Morgan fingerprint density at radius 3 is 2.62 bits per heavy atom. The van der Waals surface area contributed by atoms with E-state index in [1.165, 1.54) is 0 Å². The van der Waals surface area contributed by atoms with E-state index < -0.39 is 12.1 Å². The lowest BCUT2D eigenvalue weighted by molar-refractivity contribution is 0.225. The van der Waals surface area contributed by atoms with Crippen molar-refractivity contribution in [3.8, 4) is 0 Å². The molecule has 0 aliphatic carbocycles. The summed E-state index contributed by atoms with van der Waals surface area (Å²) in [4.78, 5) is 17.1. The molecule has 0 unspecified atom stereocenters. The van der Waals surface area contributed by atoms with Gasteiger partial charge in [-0.05, 0) is 24.0 Å². The molecule has 0 bridgehead atoms. The van der Waals surface area contributed by atoms with Crippen LogP contribution in [0.2, 0.25) is 0 Å². The lowest BCUT2D eigenvalue weighted by Crippen LogP contribution is -2.34. The van der Waals surface area contributed by atoms with E-state index in [9.17, 15) is 9.90 Å². The highest BCUT2D eigenvalue weighted by Gasteiger charge is 2.13. The molecule has 1 aromatic carbocycles. The van der Waals surface area contributed by atoms with Crippen LogP contribution in [-0.2, 0) is 0 Å². The Morgan fingerprint density at radius 1 is 1.29 bits per heavy atom. The molecule has 2 aromatic rings. The summed E-state index contributed by atoms with van der Waals surface area (Å²) < 4.78 is 0. The van der Waals surface area contributed by atoms with Gasteiger partial charge in [0.25, 0.3) is 0 Å². The van der Waals surface area contributed by atoms with Crippen LogP contribution in [0.1, 0.15) is 11.6 Å². The third-order valence-corrected chi connectivity index (χ3v) is 3.62. The van der Waals surface area contributed by atoms with Crippen LogP contribution in [0.4, 0.5) is 10.6 Å².